The number of benzene rings is 7. The molecule has 52 heavy (non-hydrogen) atoms. The highest BCUT2D eigenvalue weighted by atomic mass is 15.0. The topological polar surface area (TPSA) is 57.4 Å². The molecule has 0 aliphatic heterocycles. The van der Waals surface area contributed by atoms with Crippen molar-refractivity contribution in [2.75, 3.05) is 0 Å². The van der Waals surface area contributed by atoms with Crippen LogP contribution in [-0.2, 0) is 0 Å². The minimum absolute atomic E-state index is 0.621. The van der Waals surface area contributed by atoms with Crippen LogP contribution in [0.25, 0.3) is 77.2 Å². The number of nitriles is 2. The summed E-state index contributed by atoms with van der Waals surface area (Å²) < 4.78 is 4.79. The average molecular weight is 667 g/mol. The number of rotatable bonds is 4. The Morgan fingerprint density at radius 2 is 0.654 bits per heavy atom. The zero-order chi connectivity index (χ0) is 35.7. The second-order valence-electron chi connectivity index (χ2n) is 14.0. The Balaban J connectivity index is 1.48. The SMILES string of the molecule is Cc1ccc2c(c1)c1cc(C)ccc1n2-c1cc(-c2ccc(C#N)cc2)c(-n2c3ccc(C)cc3c3cc(C)ccc32)cc1-c1ccc(C#N)cc1. The van der Waals surface area contributed by atoms with Crippen LogP contribution in [0, 0.1) is 50.4 Å². The fourth-order valence-corrected chi connectivity index (χ4v) is 7.88. The zero-order valence-electron chi connectivity index (χ0n) is 29.5. The monoisotopic (exact) mass is 666 g/mol. The maximum Gasteiger partial charge on any atom is 0.0991 e. The molecule has 0 saturated carbocycles. The van der Waals surface area contributed by atoms with Gasteiger partial charge in [-0.25, -0.2) is 0 Å². The van der Waals surface area contributed by atoms with Crippen LogP contribution in [0.2, 0.25) is 0 Å². The lowest BCUT2D eigenvalue weighted by Crippen LogP contribution is -2.04. The predicted molar refractivity (Wildman–Crippen MR) is 214 cm³/mol. The number of aryl methyl sites for hydroxylation is 4. The number of aromatic nitrogens is 2. The Labute approximate surface area is 302 Å². The van der Waals surface area contributed by atoms with E-state index in [0.29, 0.717) is 11.1 Å². The number of nitrogens with zero attached hydrogens (tertiary/aromatic N) is 4. The zero-order valence-corrected chi connectivity index (χ0v) is 29.5. The van der Waals surface area contributed by atoms with E-state index >= 15 is 0 Å². The summed E-state index contributed by atoms with van der Waals surface area (Å²) in [4.78, 5) is 0. The molecule has 2 heterocycles. The predicted octanol–water partition coefficient (Wildman–Crippen LogP) is 12.2. The molecule has 0 N–H and O–H groups in total. The highest BCUT2D eigenvalue weighted by Gasteiger charge is 2.23. The average Bonchev–Trinajstić information content (AvgIpc) is 3.65. The standard InChI is InChI=1S/C48H34N4/c1-29-5-17-43-39(21-29)40-22-30(2)6-18-44(40)51(43)47-25-38(36-15-11-34(28-50)12-16-36)48(26-37(47)35-13-9-33(27-49)10-14-35)52-45-19-7-31(3)23-41(45)42-24-32(4)8-20-46(42)52/h5-26H,1-4H3. The van der Waals surface area contributed by atoms with Gasteiger partial charge < -0.3 is 9.13 Å². The highest BCUT2D eigenvalue weighted by Crippen LogP contribution is 2.44. The maximum atomic E-state index is 9.72. The molecule has 0 aliphatic rings. The molecule has 0 unspecified atom stereocenters. The third-order valence-corrected chi connectivity index (χ3v) is 10.4. The van der Waals surface area contributed by atoms with E-state index in [-0.39, 0.29) is 0 Å². The number of fused-ring (bicyclic) bond motifs is 6. The van der Waals surface area contributed by atoms with Crippen LogP contribution in [0.3, 0.4) is 0 Å². The van der Waals surface area contributed by atoms with Gasteiger partial charge in [-0.3, -0.25) is 0 Å². The molecule has 0 saturated heterocycles. The number of hydrogen-bond acceptors (Lipinski definition) is 2. The van der Waals surface area contributed by atoms with Gasteiger partial charge in [0.1, 0.15) is 0 Å². The summed E-state index contributed by atoms with van der Waals surface area (Å²) in [6.07, 6.45) is 0. The molecule has 9 rings (SSSR count). The van der Waals surface area contributed by atoms with Crippen molar-refractivity contribution in [3.05, 3.63) is 167 Å². The van der Waals surface area contributed by atoms with Crippen LogP contribution in [0.15, 0.2) is 133 Å². The van der Waals surface area contributed by atoms with Crippen LogP contribution in [0.4, 0.5) is 0 Å². The molecule has 2 aromatic heterocycles. The molecule has 7 aromatic carbocycles. The van der Waals surface area contributed by atoms with Crippen LogP contribution in [-0.4, -0.2) is 9.13 Å². The van der Waals surface area contributed by atoms with E-state index in [1.54, 1.807) is 0 Å². The van der Waals surface area contributed by atoms with Gasteiger partial charge in [-0.1, -0.05) is 70.8 Å². The lowest BCUT2D eigenvalue weighted by molar-refractivity contribution is 1.15. The Bertz CT molecular complexity index is 2670. The second kappa shape index (κ2) is 11.9. The van der Waals surface area contributed by atoms with E-state index < -0.39 is 0 Å². The van der Waals surface area contributed by atoms with Gasteiger partial charge in [0.25, 0.3) is 0 Å². The Morgan fingerprint density at radius 3 is 0.923 bits per heavy atom. The van der Waals surface area contributed by atoms with Crippen molar-refractivity contribution >= 4 is 43.6 Å². The van der Waals surface area contributed by atoms with E-state index in [1.807, 2.05) is 24.3 Å². The highest BCUT2D eigenvalue weighted by molar-refractivity contribution is 6.12. The molecule has 4 heteroatoms. The molecular formula is C48H34N4. The summed E-state index contributed by atoms with van der Waals surface area (Å²) >= 11 is 0. The van der Waals surface area contributed by atoms with Crippen LogP contribution < -0.4 is 0 Å². The smallest absolute Gasteiger partial charge is 0.0991 e. The molecule has 0 atom stereocenters. The molecule has 4 nitrogen and oxygen atoms in total. The third kappa shape index (κ3) is 4.89. The normalized spacial score (nSPS) is 11.4. The summed E-state index contributed by atoms with van der Waals surface area (Å²) in [5, 5.41) is 24.3. The quantitative estimate of drug-likeness (QED) is 0.188. The van der Waals surface area contributed by atoms with Gasteiger partial charge in [-0.2, -0.15) is 10.5 Å². The Hall–Kier alpha value is -6.88. The van der Waals surface area contributed by atoms with E-state index in [9.17, 15) is 10.5 Å². The first-order valence-corrected chi connectivity index (χ1v) is 17.5. The summed E-state index contributed by atoms with van der Waals surface area (Å²) in [5.41, 5.74) is 16.8. The fraction of sp³-hybridized carbons (Fsp3) is 0.0833. The van der Waals surface area contributed by atoms with Gasteiger partial charge >= 0.3 is 0 Å². The molecule has 0 bridgehead atoms. The molecule has 246 valence electrons. The summed E-state index contributed by atoms with van der Waals surface area (Å²) in [6.45, 7) is 8.58. The van der Waals surface area contributed by atoms with Crippen molar-refractivity contribution < 1.29 is 0 Å². The fourth-order valence-electron chi connectivity index (χ4n) is 7.88. The third-order valence-electron chi connectivity index (χ3n) is 10.4. The van der Waals surface area contributed by atoms with Crippen molar-refractivity contribution in [3.63, 3.8) is 0 Å². The van der Waals surface area contributed by atoms with E-state index in [4.69, 9.17) is 0 Å². The Kier molecular flexibility index (Phi) is 7.11. The molecule has 0 spiro atoms. The van der Waals surface area contributed by atoms with E-state index in [0.717, 1.165) is 55.7 Å². The lowest BCUT2D eigenvalue weighted by atomic mass is 9.94. The first-order chi connectivity index (χ1) is 25.3. The molecular weight excluding hydrogens is 633 g/mol. The van der Waals surface area contributed by atoms with Crippen molar-refractivity contribution in [1.29, 1.82) is 10.5 Å². The van der Waals surface area contributed by atoms with Gasteiger partial charge in [-0.05, 0) is 124 Å². The molecule has 0 radical (unpaired) electrons. The second-order valence-corrected chi connectivity index (χ2v) is 14.0. The van der Waals surface area contributed by atoms with Gasteiger partial charge in [0, 0.05) is 32.7 Å². The van der Waals surface area contributed by atoms with Crippen molar-refractivity contribution in [2.24, 2.45) is 0 Å². The van der Waals surface area contributed by atoms with Gasteiger partial charge in [0.05, 0.1) is 56.7 Å². The molecule has 9 aromatic rings. The van der Waals surface area contributed by atoms with E-state index in [2.05, 4.69) is 158 Å². The summed E-state index contributed by atoms with van der Waals surface area (Å²) in [7, 11) is 0. The molecule has 0 aliphatic carbocycles. The minimum Gasteiger partial charge on any atom is -0.309 e. The number of hydrogen-bond donors (Lipinski definition) is 0. The first kappa shape index (κ1) is 31.1. The summed E-state index contributed by atoms with van der Waals surface area (Å²) in [5.74, 6) is 0. The van der Waals surface area contributed by atoms with Gasteiger partial charge in [-0.15, -0.1) is 0 Å². The van der Waals surface area contributed by atoms with Crippen molar-refractivity contribution in [1.82, 2.24) is 9.13 Å². The maximum absolute atomic E-state index is 9.72. The van der Waals surface area contributed by atoms with Crippen LogP contribution in [0.5, 0.6) is 0 Å². The van der Waals surface area contributed by atoms with Crippen molar-refractivity contribution in [3.8, 4) is 45.8 Å². The minimum atomic E-state index is 0.621. The first-order valence-electron chi connectivity index (χ1n) is 17.5. The largest absolute Gasteiger partial charge is 0.309 e. The Morgan fingerprint density at radius 1 is 0.365 bits per heavy atom. The van der Waals surface area contributed by atoms with E-state index in [1.165, 1.54) is 43.8 Å². The molecule has 0 fully saturated rings. The summed E-state index contributed by atoms with van der Waals surface area (Å²) in [6, 6.07) is 51.9. The molecule has 0 amide bonds. The van der Waals surface area contributed by atoms with Gasteiger partial charge in [0.15, 0.2) is 0 Å². The van der Waals surface area contributed by atoms with Gasteiger partial charge in [0.2, 0.25) is 0 Å². The van der Waals surface area contributed by atoms with Crippen molar-refractivity contribution in [2.45, 2.75) is 27.7 Å². The van der Waals surface area contributed by atoms with Crippen LogP contribution >= 0.6 is 0 Å². The lowest BCUT2D eigenvalue weighted by Gasteiger charge is -2.21. The van der Waals surface area contributed by atoms with Crippen LogP contribution in [0.1, 0.15) is 33.4 Å².